The topological polar surface area (TPSA) is 66.5 Å². The average Bonchev–Trinajstić information content (AvgIpc) is 2.67. The van der Waals surface area contributed by atoms with Crippen molar-refractivity contribution >= 4 is 11.6 Å². The van der Waals surface area contributed by atoms with Crippen LogP contribution in [0.5, 0.6) is 0 Å². The molecule has 2 rings (SSSR count). The smallest absolute Gasteiger partial charge is 0.164 e. The minimum atomic E-state index is 0.508. The Morgan fingerprint density at radius 3 is 2.88 bits per heavy atom. The van der Waals surface area contributed by atoms with Gasteiger partial charge in [0.15, 0.2) is 5.82 Å². The maximum Gasteiger partial charge on any atom is 0.164 e. The molecule has 2 aromatic rings. The van der Waals surface area contributed by atoms with Crippen molar-refractivity contribution in [2.75, 3.05) is 0 Å². The van der Waals surface area contributed by atoms with Crippen LogP contribution in [0.15, 0.2) is 18.3 Å². The first-order chi connectivity index (χ1) is 7.74. The minimum absolute atomic E-state index is 0.508. The number of H-pyrrole nitrogens is 1. The Labute approximate surface area is 98.3 Å². The summed E-state index contributed by atoms with van der Waals surface area (Å²) in [5.41, 5.74) is 1.08. The summed E-state index contributed by atoms with van der Waals surface area (Å²) in [7, 11) is 0. The predicted molar refractivity (Wildman–Crippen MR) is 60.9 cm³/mol. The third-order valence-electron chi connectivity index (χ3n) is 2.04. The quantitative estimate of drug-likeness (QED) is 0.790. The molecule has 0 saturated heterocycles. The van der Waals surface area contributed by atoms with E-state index in [-0.39, 0.29) is 0 Å². The molecule has 0 aliphatic carbocycles. The maximum atomic E-state index is 5.69. The van der Waals surface area contributed by atoms with Crippen LogP contribution in [0.3, 0.4) is 0 Å². The third-order valence-corrected chi connectivity index (χ3v) is 2.27. The maximum absolute atomic E-state index is 5.69. The number of aromatic nitrogens is 4. The number of rotatable bonds is 4. The minimum Gasteiger partial charge on any atom is -0.306 e. The van der Waals surface area contributed by atoms with Gasteiger partial charge in [-0.1, -0.05) is 17.7 Å². The lowest BCUT2D eigenvalue weighted by Crippen LogP contribution is -2.13. The van der Waals surface area contributed by atoms with Gasteiger partial charge in [-0.3, -0.25) is 5.10 Å². The molecule has 84 valence electrons. The molecule has 2 aromatic heterocycles. The molecule has 0 aliphatic rings. The molecule has 5 nitrogen and oxygen atoms in total. The van der Waals surface area contributed by atoms with Gasteiger partial charge in [-0.15, -0.1) is 0 Å². The van der Waals surface area contributed by atoms with E-state index in [0.717, 1.165) is 23.8 Å². The van der Waals surface area contributed by atoms with Gasteiger partial charge in [0.2, 0.25) is 0 Å². The summed E-state index contributed by atoms with van der Waals surface area (Å²) in [6, 6.07) is 3.71. The van der Waals surface area contributed by atoms with E-state index in [1.807, 2.05) is 13.0 Å². The molecule has 6 heteroatoms. The number of hydrogen-bond donors (Lipinski definition) is 2. The van der Waals surface area contributed by atoms with Crippen LogP contribution < -0.4 is 5.32 Å². The molecule has 2 heterocycles. The average molecular weight is 238 g/mol. The van der Waals surface area contributed by atoms with Gasteiger partial charge < -0.3 is 5.32 Å². The summed E-state index contributed by atoms with van der Waals surface area (Å²) >= 11 is 5.69. The largest absolute Gasteiger partial charge is 0.306 e. The number of nitrogens with one attached hydrogen (secondary N) is 2. The van der Waals surface area contributed by atoms with Crippen LogP contribution in [0, 0.1) is 6.92 Å². The van der Waals surface area contributed by atoms with Crippen LogP contribution in [0.25, 0.3) is 0 Å². The van der Waals surface area contributed by atoms with Gasteiger partial charge in [-0.2, -0.15) is 5.10 Å². The highest BCUT2D eigenvalue weighted by Crippen LogP contribution is 2.04. The van der Waals surface area contributed by atoms with E-state index in [2.05, 4.69) is 25.5 Å². The van der Waals surface area contributed by atoms with Crippen molar-refractivity contribution < 1.29 is 0 Å². The van der Waals surface area contributed by atoms with Crippen LogP contribution in [-0.2, 0) is 13.1 Å². The van der Waals surface area contributed by atoms with E-state index < -0.39 is 0 Å². The van der Waals surface area contributed by atoms with Gasteiger partial charge in [0, 0.05) is 12.7 Å². The van der Waals surface area contributed by atoms with E-state index in [1.54, 1.807) is 12.3 Å². The summed E-state index contributed by atoms with van der Waals surface area (Å²) in [5, 5.41) is 10.5. The second-order valence-electron chi connectivity index (χ2n) is 3.43. The Bertz CT molecular complexity index is 450. The third kappa shape index (κ3) is 3.01. The van der Waals surface area contributed by atoms with Crippen LogP contribution >= 0.6 is 11.6 Å². The number of hydrogen-bond acceptors (Lipinski definition) is 4. The Hall–Kier alpha value is -1.46. The second-order valence-corrected chi connectivity index (χ2v) is 3.82. The van der Waals surface area contributed by atoms with Crippen molar-refractivity contribution in [2.24, 2.45) is 0 Å². The molecule has 0 saturated carbocycles. The molecule has 0 aliphatic heterocycles. The van der Waals surface area contributed by atoms with Crippen molar-refractivity contribution in [1.82, 2.24) is 25.5 Å². The van der Waals surface area contributed by atoms with Gasteiger partial charge in [0.05, 0.1) is 6.54 Å². The zero-order chi connectivity index (χ0) is 11.4. The fourth-order valence-electron chi connectivity index (χ4n) is 1.30. The summed E-state index contributed by atoms with van der Waals surface area (Å²) in [6.07, 6.45) is 1.75. The Balaban J connectivity index is 1.82. The normalized spacial score (nSPS) is 10.6. The Morgan fingerprint density at radius 2 is 2.25 bits per heavy atom. The van der Waals surface area contributed by atoms with Gasteiger partial charge in [0.1, 0.15) is 11.0 Å². The van der Waals surface area contributed by atoms with E-state index >= 15 is 0 Å². The van der Waals surface area contributed by atoms with E-state index in [1.165, 1.54) is 0 Å². The molecule has 0 fully saturated rings. The predicted octanol–water partition coefficient (Wildman–Crippen LogP) is 1.45. The summed E-state index contributed by atoms with van der Waals surface area (Å²) in [5.74, 6) is 1.59. The molecule has 0 bridgehead atoms. The lowest BCUT2D eigenvalue weighted by molar-refractivity contribution is 0.663. The van der Waals surface area contributed by atoms with Crippen molar-refractivity contribution in [1.29, 1.82) is 0 Å². The summed E-state index contributed by atoms with van der Waals surface area (Å²) in [4.78, 5) is 8.19. The monoisotopic (exact) mass is 237 g/mol. The second kappa shape index (κ2) is 5.05. The number of nitrogens with zero attached hydrogens (tertiary/aromatic N) is 3. The number of aryl methyl sites for hydroxylation is 1. The summed E-state index contributed by atoms with van der Waals surface area (Å²) in [6.45, 7) is 3.23. The first-order valence-corrected chi connectivity index (χ1v) is 5.31. The molecular weight excluding hydrogens is 226 g/mol. The molecule has 0 unspecified atom stereocenters. The molecule has 0 aromatic carbocycles. The highest BCUT2D eigenvalue weighted by atomic mass is 35.5. The number of pyridine rings is 1. The van der Waals surface area contributed by atoms with Crippen molar-refractivity contribution in [3.8, 4) is 0 Å². The Morgan fingerprint density at radius 1 is 1.38 bits per heavy atom. The molecule has 0 spiro atoms. The van der Waals surface area contributed by atoms with Crippen LogP contribution in [0.4, 0.5) is 0 Å². The molecule has 0 amide bonds. The first kappa shape index (κ1) is 11.0. The van der Waals surface area contributed by atoms with E-state index in [4.69, 9.17) is 11.6 Å². The summed E-state index contributed by atoms with van der Waals surface area (Å²) < 4.78 is 0. The zero-order valence-electron chi connectivity index (χ0n) is 8.87. The lowest BCUT2D eigenvalue weighted by atomic mass is 10.3. The molecule has 16 heavy (non-hydrogen) atoms. The molecular formula is C10H12ClN5. The number of aromatic amines is 1. The number of halogens is 1. The first-order valence-electron chi connectivity index (χ1n) is 4.93. The van der Waals surface area contributed by atoms with Gasteiger partial charge in [-0.25, -0.2) is 9.97 Å². The standard InChI is InChI=1S/C10H12ClN5/c1-7-14-10(16-15-7)6-12-4-8-2-3-9(11)13-5-8/h2-3,5,12H,4,6H2,1H3,(H,14,15,16). The zero-order valence-corrected chi connectivity index (χ0v) is 9.62. The van der Waals surface area contributed by atoms with Crippen molar-refractivity contribution in [3.05, 3.63) is 40.7 Å². The van der Waals surface area contributed by atoms with Crippen LogP contribution in [-0.4, -0.2) is 20.2 Å². The van der Waals surface area contributed by atoms with E-state index in [0.29, 0.717) is 11.7 Å². The highest BCUT2D eigenvalue weighted by molar-refractivity contribution is 6.29. The van der Waals surface area contributed by atoms with Gasteiger partial charge in [-0.05, 0) is 18.6 Å². The van der Waals surface area contributed by atoms with Gasteiger partial charge in [0.25, 0.3) is 0 Å². The molecule has 0 atom stereocenters. The molecule has 2 N–H and O–H groups in total. The van der Waals surface area contributed by atoms with Crippen LogP contribution in [0.2, 0.25) is 5.15 Å². The van der Waals surface area contributed by atoms with Crippen molar-refractivity contribution in [3.63, 3.8) is 0 Å². The lowest BCUT2D eigenvalue weighted by Gasteiger charge is -2.01. The fraction of sp³-hybridized carbons (Fsp3) is 0.300. The fourth-order valence-corrected chi connectivity index (χ4v) is 1.41. The highest BCUT2D eigenvalue weighted by Gasteiger charge is 1.99. The van der Waals surface area contributed by atoms with Gasteiger partial charge >= 0.3 is 0 Å². The Kier molecular flexibility index (Phi) is 3.48. The SMILES string of the molecule is Cc1nc(CNCc2ccc(Cl)nc2)n[nH]1. The van der Waals surface area contributed by atoms with Crippen LogP contribution in [0.1, 0.15) is 17.2 Å². The molecule has 0 radical (unpaired) electrons. The van der Waals surface area contributed by atoms with Crippen molar-refractivity contribution in [2.45, 2.75) is 20.0 Å². The van der Waals surface area contributed by atoms with E-state index in [9.17, 15) is 0 Å².